The molecular weight excluding hydrogens is 1020 g/mol. The van der Waals surface area contributed by atoms with Crippen molar-refractivity contribution in [3.63, 3.8) is 0 Å². The molecule has 0 saturated heterocycles. The average molecular weight is 1160 g/mol. The molecular formula is C77H136O6. The minimum Gasteiger partial charge on any atom is -0.462 e. The number of rotatable bonds is 66. The van der Waals surface area contributed by atoms with Crippen LogP contribution in [0, 0.1) is 0 Å². The highest BCUT2D eigenvalue weighted by Crippen LogP contribution is 2.18. The van der Waals surface area contributed by atoms with Crippen LogP contribution in [0.25, 0.3) is 0 Å². The second-order valence-corrected chi connectivity index (χ2v) is 24.1. The molecule has 0 heterocycles. The van der Waals surface area contributed by atoms with Gasteiger partial charge >= 0.3 is 17.9 Å². The van der Waals surface area contributed by atoms with Gasteiger partial charge in [-0.15, -0.1) is 0 Å². The number of hydrogen-bond donors (Lipinski definition) is 0. The molecule has 0 aromatic rings. The van der Waals surface area contributed by atoms with Crippen molar-refractivity contribution >= 4 is 17.9 Å². The van der Waals surface area contributed by atoms with Gasteiger partial charge in [-0.1, -0.05) is 343 Å². The summed E-state index contributed by atoms with van der Waals surface area (Å²) in [5.74, 6) is -0.919. The van der Waals surface area contributed by atoms with Gasteiger partial charge in [0.05, 0.1) is 0 Å². The van der Waals surface area contributed by atoms with Gasteiger partial charge in [0.1, 0.15) is 13.2 Å². The standard InChI is InChI=1S/C77H136O6/c1-4-7-10-13-16-19-22-25-27-29-31-32-33-34-35-36-37-38-39-40-41-42-43-44-46-47-49-52-55-58-61-64-67-70-76(79)82-73-74(72-81-75(78)69-66-63-60-57-54-51-24-21-18-15-12-9-6-3)83-77(80)71-68-65-62-59-56-53-50-48-45-30-28-26-23-20-17-14-11-8-5-2/h8-9,11-12,17-18,20-21,26,28,45,48,51,54,74H,4-7,10,13-16,19,22-25,27,29-44,46-47,49-50,52-53,55-73H2,1-3H3/b11-8-,12-9-,20-17-,21-18-,28-26-,48-45-,54-51-. The Labute approximate surface area is 515 Å². The van der Waals surface area contributed by atoms with Gasteiger partial charge in [-0.2, -0.15) is 0 Å². The lowest BCUT2D eigenvalue weighted by atomic mass is 10.0. The molecule has 6 heteroatoms. The summed E-state index contributed by atoms with van der Waals surface area (Å²) in [4.78, 5) is 38.4. The Morgan fingerprint density at radius 3 is 0.747 bits per heavy atom. The number of allylic oxidation sites excluding steroid dienone is 14. The molecule has 0 aromatic heterocycles. The topological polar surface area (TPSA) is 78.9 Å². The third kappa shape index (κ3) is 69.3. The van der Waals surface area contributed by atoms with E-state index in [2.05, 4.69) is 106 Å². The Bertz CT molecular complexity index is 1570. The van der Waals surface area contributed by atoms with E-state index in [1.165, 1.54) is 205 Å². The average Bonchev–Trinajstić information content (AvgIpc) is 3.49. The Morgan fingerprint density at radius 2 is 0.470 bits per heavy atom. The lowest BCUT2D eigenvalue weighted by molar-refractivity contribution is -0.167. The van der Waals surface area contributed by atoms with Crippen molar-refractivity contribution in [1.29, 1.82) is 0 Å². The maximum absolute atomic E-state index is 12.9. The van der Waals surface area contributed by atoms with Gasteiger partial charge in [0.15, 0.2) is 6.10 Å². The third-order valence-corrected chi connectivity index (χ3v) is 15.9. The third-order valence-electron chi connectivity index (χ3n) is 15.9. The molecule has 83 heavy (non-hydrogen) atoms. The highest BCUT2D eigenvalue weighted by molar-refractivity contribution is 5.71. The molecule has 0 aliphatic carbocycles. The summed E-state index contributed by atoms with van der Waals surface area (Å²) in [6.07, 6.45) is 95.0. The van der Waals surface area contributed by atoms with E-state index in [9.17, 15) is 14.4 Å². The van der Waals surface area contributed by atoms with Gasteiger partial charge in [0.2, 0.25) is 0 Å². The van der Waals surface area contributed by atoms with Crippen LogP contribution >= 0.6 is 0 Å². The molecule has 0 amide bonds. The number of carbonyl (C=O) groups excluding carboxylic acids is 3. The van der Waals surface area contributed by atoms with Gasteiger partial charge in [0.25, 0.3) is 0 Å². The van der Waals surface area contributed by atoms with Crippen molar-refractivity contribution in [3.05, 3.63) is 85.1 Å². The van der Waals surface area contributed by atoms with Crippen LogP contribution in [0.1, 0.15) is 367 Å². The molecule has 0 saturated carbocycles. The summed E-state index contributed by atoms with van der Waals surface area (Å²) in [5, 5.41) is 0. The van der Waals surface area contributed by atoms with Crippen molar-refractivity contribution < 1.29 is 28.6 Å². The van der Waals surface area contributed by atoms with Crippen LogP contribution in [-0.2, 0) is 28.6 Å². The lowest BCUT2D eigenvalue weighted by Crippen LogP contribution is -2.30. The van der Waals surface area contributed by atoms with Gasteiger partial charge in [-0.3, -0.25) is 14.4 Å². The fourth-order valence-corrected chi connectivity index (χ4v) is 10.6. The predicted octanol–water partition coefficient (Wildman–Crippen LogP) is 25.0. The van der Waals surface area contributed by atoms with Crippen molar-refractivity contribution in [2.75, 3.05) is 13.2 Å². The number of ether oxygens (including phenoxy) is 3. The molecule has 0 radical (unpaired) electrons. The van der Waals surface area contributed by atoms with Crippen molar-refractivity contribution in [2.45, 2.75) is 374 Å². The maximum atomic E-state index is 12.9. The fourth-order valence-electron chi connectivity index (χ4n) is 10.6. The molecule has 0 aromatic carbocycles. The number of carbonyl (C=O) groups is 3. The smallest absolute Gasteiger partial charge is 0.306 e. The second kappa shape index (κ2) is 71.1. The second-order valence-electron chi connectivity index (χ2n) is 24.1. The molecule has 0 aliphatic rings. The maximum Gasteiger partial charge on any atom is 0.306 e. The lowest BCUT2D eigenvalue weighted by Gasteiger charge is -2.18. The first-order valence-corrected chi connectivity index (χ1v) is 36.1. The van der Waals surface area contributed by atoms with E-state index in [0.29, 0.717) is 19.3 Å². The van der Waals surface area contributed by atoms with Gasteiger partial charge in [-0.25, -0.2) is 0 Å². The predicted molar refractivity (Wildman–Crippen MR) is 362 cm³/mol. The summed E-state index contributed by atoms with van der Waals surface area (Å²) in [5.41, 5.74) is 0. The minimum atomic E-state index is -0.797. The first-order chi connectivity index (χ1) is 41.0. The summed E-state index contributed by atoms with van der Waals surface area (Å²) in [6, 6.07) is 0. The first kappa shape index (κ1) is 79.6. The zero-order valence-corrected chi connectivity index (χ0v) is 55.2. The number of unbranched alkanes of at least 4 members (excludes halogenated alkanes) is 41. The van der Waals surface area contributed by atoms with E-state index in [4.69, 9.17) is 14.2 Å². The molecule has 6 nitrogen and oxygen atoms in total. The summed E-state index contributed by atoms with van der Waals surface area (Å²) in [6.45, 7) is 6.42. The van der Waals surface area contributed by atoms with E-state index < -0.39 is 6.10 Å². The van der Waals surface area contributed by atoms with E-state index in [0.717, 1.165) is 122 Å². The Morgan fingerprint density at radius 1 is 0.253 bits per heavy atom. The molecule has 0 rings (SSSR count). The van der Waals surface area contributed by atoms with E-state index in [1.54, 1.807) is 0 Å². The molecule has 0 bridgehead atoms. The van der Waals surface area contributed by atoms with Crippen molar-refractivity contribution in [1.82, 2.24) is 0 Å². The molecule has 1 atom stereocenters. The molecule has 0 spiro atoms. The van der Waals surface area contributed by atoms with Crippen molar-refractivity contribution in [3.8, 4) is 0 Å². The van der Waals surface area contributed by atoms with Crippen LogP contribution in [0.3, 0.4) is 0 Å². The Hall–Kier alpha value is -3.41. The summed E-state index contributed by atoms with van der Waals surface area (Å²) < 4.78 is 16.9. The largest absolute Gasteiger partial charge is 0.462 e. The van der Waals surface area contributed by atoms with E-state index in [1.807, 2.05) is 0 Å². The Balaban J connectivity index is 4.16. The van der Waals surface area contributed by atoms with Crippen LogP contribution < -0.4 is 0 Å². The monoisotopic (exact) mass is 1160 g/mol. The zero-order chi connectivity index (χ0) is 59.9. The van der Waals surface area contributed by atoms with Crippen LogP contribution in [-0.4, -0.2) is 37.2 Å². The molecule has 0 aliphatic heterocycles. The molecule has 1 unspecified atom stereocenters. The minimum absolute atomic E-state index is 0.0895. The molecule has 0 fully saturated rings. The van der Waals surface area contributed by atoms with Gasteiger partial charge < -0.3 is 14.2 Å². The summed E-state index contributed by atoms with van der Waals surface area (Å²) >= 11 is 0. The Kier molecular flexibility index (Phi) is 68.2. The summed E-state index contributed by atoms with van der Waals surface area (Å²) in [7, 11) is 0. The first-order valence-electron chi connectivity index (χ1n) is 36.1. The van der Waals surface area contributed by atoms with Gasteiger partial charge in [0, 0.05) is 19.3 Å². The normalized spacial score (nSPS) is 12.6. The van der Waals surface area contributed by atoms with Crippen LogP contribution in [0.5, 0.6) is 0 Å². The van der Waals surface area contributed by atoms with Crippen LogP contribution in [0.15, 0.2) is 85.1 Å². The van der Waals surface area contributed by atoms with E-state index in [-0.39, 0.29) is 31.1 Å². The number of esters is 3. The fraction of sp³-hybridized carbons (Fsp3) is 0.779. The van der Waals surface area contributed by atoms with Crippen molar-refractivity contribution in [2.24, 2.45) is 0 Å². The number of hydrogen-bond acceptors (Lipinski definition) is 6. The highest BCUT2D eigenvalue weighted by atomic mass is 16.6. The quantitative estimate of drug-likeness (QED) is 0.0261. The van der Waals surface area contributed by atoms with E-state index >= 15 is 0 Å². The highest BCUT2D eigenvalue weighted by Gasteiger charge is 2.19. The van der Waals surface area contributed by atoms with Crippen LogP contribution in [0.4, 0.5) is 0 Å². The molecule has 0 N–H and O–H groups in total. The van der Waals surface area contributed by atoms with Gasteiger partial charge in [-0.05, 0) is 89.9 Å². The van der Waals surface area contributed by atoms with Crippen LogP contribution in [0.2, 0.25) is 0 Å². The SMILES string of the molecule is CC/C=C\C/C=C\C/C=C\C/C=C\CCCCCCCCC(=O)OC(COC(=O)CCCCC/C=C\C/C=C\C/C=C\CC)COC(=O)CCCCCCCCCCCCCCCCCCCCCCCCCCCCCCCCCCC. The molecule has 480 valence electrons. The zero-order valence-electron chi connectivity index (χ0n) is 55.2.